The molecule has 2 amide bonds. The van der Waals surface area contributed by atoms with Gasteiger partial charge in [0.1, 0.15) is 0 Å². The van der Waals surface area contributed by atoms with Crippen molar-refractivity contribution >= 4 is 29.4 Å². The van der Waals surface area contributed by atoms with Crippen molar-refractivity contribution in [1.29, 1.82) is 0 Å². The number of fused-ring (bicyclic) bond motifs is 1. The highest BCUT2D eigenvalue weighted by Crippen LogP contribution is 2.28. The molecule has 1 aliphatic rings. The SMILES string of the molecule is CC(=O)OC(=O)c1ccccc1N1C(=O)Cc2ccccc2C1=O. The number of carbonyl (C=O) groups excluding carboxylic acids is 4. The molecule has 6 heteroatoms. The number of benzene rings is 2. The van der Waals surface area contributed by atoms with E-state index in [4.69, 9.17) is 0 Å². The van der Waals surface area contributed by atoms with Crippen LogP contribution < -0.4 is 4.90 Å². The fourth-order valence-corrected chi connectivity index (χ4v) is 2.63. The van der Waals surface area contributed by atoms with Gasteiger partial charge in [-0.25, -0.2) is 9.69 Å². The third-order valence-electron chi connectivity index (χ3n) is 3.64. The predicted molar refractivity (Wildman–Crippen MR) is 84.5 cm³/mol. The van der Waals surface area contributed by atoms with Crippen LogP contribution in [0.3, 0.4) is 0 Å². The van der Waals surface area contributed by atoms with E-state index in [0.717, 1.165) is 11.8 Å². The van der Waals surface area contributed by atoms with E-state index in [1.54, 1.807) is 36.4 Å². The molecule has 24 heavy (non-hydrogen) atoms. The van der Waals surface area contributed by atoms with Gasteiger partial charge >= 0.3 is 11.9 Å². The Morgan fingerprint density at radius 2 is 1.67 bits per heavy atom. The van der Waals surface area contributed by atoms with Gasteiger partial charge in [-0.2, -0.15) is 0 Å². The van der Waals surface area contributed by atoms with Crippen LogP contribution in [0.15, 0.2) is 48.5 Å². The molecular weight excluding hydrogens is 310 g/mol. The molecule has 3 rings (SSSR count). The molecule has 0 fully saturated rings. The van der Waals surface area contributed by atoms with Crippen molar-refractivity contribution < 1.29 is 23.9 Å². The quantitative estimate of drug-likeness (QED) is 0.480. The van der Waals surface area contributed by atoms with Gasteiger partial charge in [-0.05, 0) is 23.8 Å². The van der Waals surface area contributed by atoms with Crippen molar-refractivity contribution in [2.75, 3.05) is 4.90 Å². The number of carbonyl (C=O) groups is 4. The maximum Gasteiger partial charge on any atom is 0.347 e. The third-order valence-corrected chi connectivity index (χ3v) is 3.64. The highest BCUT2D eigenvalue weighted by molar-refractivity contribution is 6.26. The van der Waals surface area contributed by atoms with Gasteiger partial charge in [-0.3, -0.25) is 14.4 Å². The Morgan fingerprint density at radius 3 is 2.42 bits per heavy atom. The lowest BCUT2D eigenvalue weighted by Crippen LogP contribution is -2.43. The van der Waals surface area contributed by atoms with E-state index in [1.165, 1.54) is 12.1 Å². The van der Waals surface area contributed by atoms with E-state index < -0.39 is 23.8 Å². The first-order valence-electron chi connectivity index (χ1n) is 7.26. The zero-order chi connectivity index (χ0) is 17.3. The number of ether oxygens (including phenoxy) is 1. The van der Waals surface area contributed by atoms with Gasteiger partial charge in [-0.15, -0.1) is 0 Å². The molecule has 1 aliphatic heterocycles. The number of imide groups is 1. The Morgan fingerprint density at radius 1 is 1.00 bits per heavy atom. The van der Waals surface area contributed by atoms with Crippen molar-refractivity contribution in [3.05, 3.63) is 65.2 Å². The molecule has 0 aromatic heterocycles. The number of hydrogen-bond acceptors (Lipinski definition) is 5. The molecule has 120 valence electrons. The molecule has 0 saturated heterocycles. The molecule has 2 aromatic carbocycles. The summed E-state index contributed by atoms with van der Waals surface area (Å²) in [5.41, 5.74) is 1.14. The summed E-state index contributed by atoms with van der Waals surface area (Å²) < 4.78 is 4.58. The highest BCUT2D eigenvalue weighted by atomic mass is 16.6. The molecular formula is C18H13NO5. The Bertz CT molecular complexity index is 871. The van der Waals surface area contributed by atoms with Crippen LogP contribution in [-0.2, 0) is 20.7 Å². The van der Waals surface area contributed by atoms with Crippen LogP contribution in [0.1, 0.15) is 33.2 Å². The summed E-state index contributed by atoms with van der Waals surface area (Å²) in [5, 5.41) is 0. The Labute approximate surface area is 137 Å². The fraction of sp³-hybridized carbons (Fsp3) is 0.111. The molecule has 1 heterocycles. The molecule has 0 atom stereocenters. The molecule has 0 unspecified atom stereocenters. The van der Waals surface area contributed by atoms with Crippen LogP contribution in [0, 0.1) is 0 Å². The highest BCUT2D eigenvalue weighted by Gasteiger charge is 2.34. The molecule has 6 nitrogen and oxygen atoms in total. The molecule has 0 bridgehead atoms. The number of rotatable bonds is 2. The molecule has 0 N–H and O–H groups in total. The maximum atomic E-state index is 12.7. The second kappa shape index (κ2) is 6.08. The first-order valence-corrected chi connectivity index (χ1v) is 7.26. The van der Waals surface area contributed by atoms with Crippen LogP contribution >= 0.6 is 0 Å². The first kappa shape index (κ1) is 15.6. The van der Waals surface area contributed by atoms with E-state index in [9.17, 15) is 19.2 Å². The minimum absolute atomic E-state index is 0.0196. The molecule has 0 saturated carbocycles. The van der Waals surface area contributed by atoms with E-state index in [2.05, 4.69) is 4.74 Å². The summed E-state index contributed by atoms with van der Waals surface area (Å²) in [6.45, 7) is 1.11. The Hall–Kier alpha value is -3.28. The summed E-state index contributed by atoms with van der Waals surface area (Å²) in [7, 11) is 0. The number of nitrogens with zero attached hydrogens (tertiary/aromatic N) is 1. The van der Waals surface area contributed by atoms with Crippen molar-refractivity contribution in [2.24, 2.45) is 0 Å². The summed E-state index contributed by atoms with van der Waals surface area (Å²) >= 11 is 0. The summed E-state index contributed by atoms with van der Waals surface area (Å²) in [6.07, 6.45) is 0.0536. The summed E-state index contributed by atoms with van der Waals surface area (Å²) in [5.74, 6) is -2.62. The number of amides is 2. The minimum atomic E-state index is -0.905. The number of hydrogen-bond donors (Lipinski definition) is 0. The molecule has 0 spiro atoms. The molecule has 0 radical (unpaired) electrons. The fourth-order valence-electron chi connectivity index (χ4n) is 2.63. The second-order valence-electron chi connectivity index (χ2n) is 5.27. The van der Waals surface area contributed by atoms with Crippen LogP contribution in [0.25, 0.3) is 0 Å². The monoisotopic (exact) mass is 323 g/mol. The van der Waals surface area contributed by atoms with Gasteiger partial charge < -0.3 is 4.74 Å². The van der Waals surface area contributed by atoms with Crippen molar-refractivity contribution in [3.63, 3.8) is 0 Å². The third kappa shape index (κ3) is 2.69. The Balaban J connectivity index is 2.07. The standard InChI is InChI=1S/C18H13NO5/c1-11(20)24-18(23)14-8-4-5-9-15(14)19-16(21)10-12-6-2-3-7-13(12)17(19)22/h2-9H,10H2,1H3. The average molecular weight is 323 g/mol. The Kier molecular flexibility index (Phi) is 3.95. The van der Waals surface area contributed by atoms with Gasteiger partial charge in [-0.1, -0.05) is 30.3 Å². The zero-order valence-electron chi connectivity index (χ0n) is 12.8. The largest absolute Gasteiger partial charge is 0.390 e. The van der Waals surface area contributed by atoms with Crippen molar-refractivity contribution in [1.82, 2.24) is 0 Å². The lowest BCUT2D eigenvalue weighted by Gasteiger charge is -2.27. The van der Waals surface area contributed by atoms with Crippen molar-refractivity contribution in [3.8, 4) is 0 Å². The zero-order valence-corrected chi connectivity index (χ0v) is 12.8. The van der Waals surface area contributed by atoms with Crippen LogP contribution in [0.4, 0.5) is 5.69 Å². The summed E-state index contributed by atoms with van der Waals surface area (Å²) in [4.78, 5) is 49.2. The number of anilines is 1. The summed E-state index contributed by atoms with van der Waals surface area (Å²) in [6, 6.07) is 12.9. The smallest absolute Gasteiger partial charge is 0.347 e. The van der Waals surface area contributed by atoms with Gasteiger partial charge in [0.15, 0.2) is 0 Å². The molecule has 2 aromatic rings. The van der Waals surface area contributed by atoms with Gasteiger partial charge in [0.05, 0.1) is 17.7 Å². The average Bonchev–Trinajstić information content (AvgIpc) is 2.54. The maximum absolute atomic E-state index is 12.7. The minimum Gasteiger partial charge on any atom is -0.390 e. The van der Waals surface area contributed by atoms with E-state index in [-0.39, 0.29) is 17.7 Å². The topological polar surface area (TPSA) is 80.8 Å². The van der Waals surface area contributed by atoms with Gasteiger partial charge in [0.25, 0.3) is 5.91 Å². The normalized spacial score (nSPS) is 13.5. The van der Waals surface area contributed by atoms with Crippen molar-refractivity contribution in [2.45, 2.75) is 13.3 Å². The van der Waals surface area contributed by atoms with E-state index in [0.29, 0.717) is 11.1 Å². The van der Waals surface area contributed by atoms with Gasteiger partial charge in [0, 0.05) is 12.5 Å². The lowest BCUT2D eigenvalue weighted by molar-refractivity contribution is -0.135. The number of esters is 2. The number of para-hydroxylation sites is 1. The predicted octanol–water partition coefficient (Wildman–Crippen LogP) is 2.12. The molecule has 0 aliphatic carbocycles. The lowest BCUT2D eigenvalue weighted by atomic mass is 9.97. The van der Waals surface area contributed by atoms with Crippen LogP contribution in [0.2, 0.25) is 0 Å². The van der Waals surface area contributed by atoms with E-state index in [1.807, 2.05) is 0 Å². The van der Waals surface area contributed by atoms with Crippen LogP contribution in [0.5, 0.6) is 0 Å². The van der Waals surface area contributed by atoms with Crippen LogP contribution in [-0.4, -0.2) is 23.8 Å². The van der Waals surface area contributed by atoms with E-state index >= 15 is 0 Å². The van der Waals surface area contributed by atoms with Gasteiger partial charge in [0.2, 0.25) is 5.91 Å². The first-order chi connectivity index (χ1) is 11.5. The second-order valence-corrected chi connectivity index (χ2v) is 5.27.